The van der Waals surface area contributed by atoms with Crippen LogP contribution in [0.15, 0.2) is 12.1 Å². The molecule has 0 bridgehead atoms. The standard InChI is InChI=1S/C14H20FN3O3/c1-5-14(3,4)17-13(19)9-7-11(16-6-2)10(15)8-12(9)18(20)21/h7-8,16H,5-6H2,1-4H3,(H,17,19). The predicted octanol–water partition coefficient (Wildman–Crippen LogP) is 3.08. The molecule has 1 aromatic rings. The molecule has 0 heterocycles. The molecule has 0 saturated carbocycles. The van der Waals surface area contributed by atoms with Gasteiger partial charge in [-0.1, -0.05) is 6.92 Å². The van der Waals surface area contributed by atoms with E-state index in [0.29, 0.717) is 13.0 Å². The summed E-state index contributed by atoms with van der Waals surface area (Å²) in [4.78, 5) is 22.5. The summed E-state index contributed by atoms with van der Waals surface area (Å²) in [6.07, 6.45) is 0.661. The smallest absolute Gasteiger partial charge is 0.285 e. The third kappa shape index (κ3) is 4.14. The summed E-state index contributed by atoms with van der Waals surface area (Å²) in [6.45, 7) is 7.72. The molecule has 0 aliphatic carbocycles. The van der Waals surface area contributed by atoms with Gasteiger partial charge < -0.3 is 10.6 Å². The van der Waals surface area contributed by atoms with E-state index in [1.54, 1.807) is 6.92 Å². The number of nitrogens with zero attached hydrogens (tertiary/aromatic N) is 1. The van der Waals surface area contributed by atoms with Crippen LogP contribution in [0.1, 0.15) is 44.5 Å². The van der Waals surface area contributed by atoms with E-state index in [1.165, 1.54) is 6.07 Å². The van der Waals surface area contributed by atoms with Crippen LogP contribution in [0.4, 0.5) is 15.8 Å². The molecule has 0 aromatic heterocycles. The first kappa shape index (κ1) is 16.9. The zero-order chi connectivity index (χ0) is 16.2. The first-order valence-electron chi connectivity index (χ1n) is 6.76. The van der Waals surface area contributed by atoms with Gasteiger partial charge in [0.15, 0.2) is 5.82 Å². The average Bonchev–Trinajstić information content (AvgIpc) is 2.40. The van der Waals surface area contributed by atoms with Crippen LogP contribution in [0.25, 0.3) is 0 Å². The quantitative estimate of drug-likeness (QED) is 0.624. The summed E-state index contributed by atoms with van der Waals surface area (Å²) in [5.41, 5.74) is -1.13. The molecule has 0 saturated heterocycles. The summed E-state index contributed by atoms with van der Waals surface area (Å²) in [5.74, 6) is -1.34. The van der Waals surface area contributed by atoms with Crippen molar-refractivity contribution in [2.75, 3.05) is 11.9 Å². The van der Waals surface area contributed by atoms with Crippen LogP contribution in [0.5, 0.6) is 0 Å². The third-order valence-corrected chi connectivity index (χ3v) is 3.23. The molecule has 0 spiro atoms. The number of hydrogen-bond donors (Lipinski definition) is 2. The van der Waals surface area contributed by atoms with Crippen molar-refractivity contribution in [1.82, 2.24) is 5.32 Å². The topological polar surface area (TPSA) is 84.3 Å². The molecule has 0 aliphatic rings. The van der Waals surface area contributed by atoms with Crippen LogP contribution in [0, 0.1) is 15.9 Å². The Hall–Kier alpha value is -2.18. The predicted molar refractivity (Wildman–Crippen MR) is 79.1 cm³/mol. The lowest BCUT2D eigenvalue weighted by Crippen LogP contribution is -2.43. The number of nitrogens with one attached hydrogen (secondary N) is 2. The number of nitro benzene ring substituents is 1. The maximum atomic E-state index is 13.7. The number of amides is 1. The number of halogens is 1. The van der Waals surface area contributed by atoms with Gasteiger partial charge >= 0.3 is 0 Å². The monoisotopic (exact) mass is 297 g/mol. The molecule has 0 atom stereocenters. The van der Waals surface area contributed by atoms with Crippen LogP contribution < -0.4 is 10.6 Å². The van der Waals surface area contributed by atoms with E-state index in [4.69, 9.17) is 0 Å². The van der Waals surface area contributed by atoms with Crippen molar-refractivity contribution >= 4 is 17.3 Å². The molecule has 6 nitrogen and oxygen atoms in total. The van der Waals surface area contributed by atoms with Crippen LogP contribution >= 0.6 is 0 Å². The normalized spacial score (nSPS) is 11.1. The minimum Gasteiger partial charge on any atom is -0.383 e. The zero-order valence-electron chi connectivity index (χ0n) is 12.6. The van der Waals surface area contributed by atoms with Crippen molar-refractivity contribution in [1.29, 1.82) is 0 Å². The number of carbonyl (C=O) groups excluding carboxylic acids is 1. The van der Waals surface area contributed by atoms with E-state index in [2.05, 4.69) is 10.6 Å². The van der Waals surface area contributed by atoms with Crippen molar-refractivity contribution in [2.45, 2.75) is 39.7 Å². The van der Waals surface area contributed by atoms with E-state index in [1.807, 2.05) is 20.8 Å². The number of hydrogen-bond acceptors (Lipinski definition) is 4. The lowest BCUT2D eigenvalue weighted by molar-refractivity contribution is -0.385. The minimum atomic E-state index is -0.757. The molecule has 116 valence electrons. The highest BCUT2D eigenvalue weighted by Gasteiger charge is 2.27. The average molecular weight is 297 g/mol. The molecule has 1 rings (SSSR count). The highest BCUT2D eigenvalue weighted by atomic mass is 19.1. The second-order valence-corrected chi connectivity index (χ2v) is 5.33. The Labute approximate surface area is 122 Å². The van der Waals surface area contributed by atoms with Crippen molar-refractivity contribution in [3.63, 3.8) is 0 Å². The summed E-state index contributed by atoms with van der Waals surface area (Å²) in [6, 6.07) is 1.95. The van der Waals surface area contributed by atoms with Gasteiger partial charge in [0.25, 0.3) is 11.6 Å². The number of rotatable bonds is 6. The van der Waals surface area contributed by atoms with Crippen LogP contribution in [0.3, 0.4) is 0 Å². The van der Waals surface area contributed by atoms with Crippen molar-refractivity contribution in [2.24, 2.45) is 0 Å². The molecule has 0 unspecified atom stereocenters. The van der Waals surface area contributed by atoms with E-state index in [-0.39, 0.29) is 11.3 Å². The van der Waals surface area contributed by atoms with Gasteiger partial charge in [-0.3, -0.25) is 14.9 Å². The highest BCUT2D eigenvalue weighted by molar-refractivity contribution is 5.99. The fourth-order valence-corrected chi connectivity index (χ4v) is 1.68. The molecule has 21 heavy (non-hydrogen) atoms. The molecule has 2 N–H and O–H groups in total. The van der Waals surface area contributed by atoms with Crippen LogP contribution in [-0.2, 0) is 0 Å². The molecule has 7 heteroatoms. The lowest BCUT2D eigenvalue weighted by Gasteiger charge is -2.24. The number of benzene rings is 1. The van der Waals surface area contributed by atoms with E-state index in [9.17, 15) is 19.3 Å². The summed E-state index contributed by atoms with van der Waals surface area (Å²) in [5, 5.41) is 16.5. The Morgan fingerprint density at radius 3 is 2.48 bits per heavy atom. The van der Waals surface area contributed by atoms with Gasteiger partial charge in [-0.2, -0.15) is 0 Å². The summed E-state index contributed by atoms with van der Waals surface area (Å²) < 4.78 is 13.7. The second kappa shape index (κ2) is 6.51. The third-order valence-electron chi connectivity index (χ3n) is 3.23. The van der Waals surface area contributed by atoms with Crippen molar-refractivity contribution < 1.29 is 14.1 Å². The number of carbonyl (C=O) groups is 1. The molecule has 0 radical (unpaired) electrons. The Morgan fingerprint density at radius 1 is 1.38 bits per heavy atom. The molecule has 1 amide bonds. The van der Waals surface area contributed by atoms with Gasteiger partial charge in [-0.25, -0.2) is 4.39 Å². The lowest BCUT2D eigenvalue weighted by atomic mass is 10.0. The Balaban J connectivity index is 3.28. The highest BCUT2D eigenvalue weighted by Crippen LogP contribution is 2.26. The maximum Gasteiger partial charge on any atom is 0.285 e. The van der Waals surface area contributed by atoms with Gasteiger partial charge in [0.2, 0.25) is 0 Å². The molecule has 1 aromatic carbocycles. The van der Waals surface area contributed by atoms with E-state index < -0.39 is 27.9 Å². The number of nitro groups is 1. The first-order valence-corrected chi connectivity index (χ1v) is 6.76. The molecule has 0 aliphatic heterocycles. The maximum absolute atomic E-state index is 13.7. The van der Waals surface area contributed by atoms with E-state index >= 15 is 0 Å². The Bertz CT molecular complexity index is 559. The molecule has 0 fully saturated rings. The fraction of sp³-hybridized carbons (Fsp3) is 0.500. The summed E-state index contributed by atoms with van der Waals surface area (Å²) in [7, 11) is 0. The van der Waals surface area contributed by atoms with Crippen molar-refractivity contribution in [3.8, 4) is 0 Å². The van der Waals surface area contributed by atoms with Gasteiger partial charge in [0.1, 0.15) is 5.56 Å². The van der Waals surface area contributed by atoms with Crippen molar-refractivity contribution in [3.05, 3.63) is 33.6 Å². The van der Waals surface area contributed by atoms with E-state index in [0.717, 1.165) is 6.07 Å². The van der Waals surface area contributed by atoms with Gasteiger partial charge in [0.05, 0.1) is 16.7 Å². The van der Waals surface area contributed by atoms with Gasteiger partial charge in [-0.15, -0.1) is 0 Å². The Kier molecular flexibility index (Phi) is 5.23. The van der Waals surface area contributed by atoms with Crippen LogP contribution in [-0.4, -0.2) is 22.9 Å². The van der Waals surface area contributed by atoms with Gasteiger partial charge in [-0.05, 0) is 33.3 Å². The number of anilines is 1. The fourth-order valence-electron chi connectivity index (χ4n) is 1.68. The summed E-state index contributed by atoms with van der Waals surface area (Å²) >= 11 is 0. The first-order chi connectivity index (χ1) is 9.71. The Morgan fingerprint density at radius 2 is 2.00 bits per heavy atom. The molecular formula is C14H20FN3O3. The van der Waals surface area contributed by atoms with Gasteiger partial charge in [0, 0.05) is 12.1 Å². The zero-order valence-corrected chi connectivity index (χ0v) is 12.6. The minimum absolute atomic E-state index is 0.0718. The largest absolute Gasteiger partial charge is 0.383 e. The van der Waals surface area contributed by atoms with Crippen LogP contribution in [0.2, 0.25) is 0 Å². The second-order valence-electron chi connectivity index (χ2n) is 5.33. The SMILES string of the molecule is CCNc1cc(C(=O)NC(C)(C)CC)c([N+](=O)[O-])cc1F. The molecular weight excluding hydrogens is 277 g/mol.